The third-order valence-corrected chi connectivity index (χ3v) is 1.69. The van der Waals surface area contributed by atoms with Crippen LogP contribution < -0.4 is 5.32 Å². The molecule has 0 atom stereocenters. The average molecular weight is 235 g/mol. The van der Waals surface area contributed by atoms with Gasteiger partial charge < -0.3 is 5.32 Å². The average Bonchev–Trinajstić information content (AvgIpc) is 1.99. The summed E-state index contributed by atoms with van der Waals surface area (Å²) in [7, 11) is 0. The number of nitrogens with one attached hydrogen (secondary N) is 1. The maximum Gasteiger partial charge on any atom is 0.254 e. The van der Waals surface area contributed by atoms with Gasteiger partial charge in [-0.05, 0) is 19.1 Å². The molecule has 1 amide bonds. The molecule has 0 saturated heterocycles. The molecule has 1 aromatic heterocycles. The number of carbonyl (C=O) groups excluding carboxylic acids is 1. The van der Waals surface area contributed by atoms with Crippen molar-refractivity contribution in [2.24, 2.45) is 0 Å². The molecule has 0 aromatic carbocycles. The molecule has 3 nitrogen and oxygen atoms in total. The second-order valence-corrected chi connectivity index (χ2v) is 3.55. The van der Waals surface area contributed by atoms with Crippen molar-refractivity contribution in [3.8, 4) is 0 Å². The molecule has 1 N–H and O–H groups in total. The van der Waals surface area contributed by atoms with Crippen LogP contribution in [0.15, 0.2) is 18.3 Å². The fourth-order valence-electron chi connectivity index (χ4n) is 0.967. The highest BCUT2D eigenvalue weighted by atomic mass is 35.5. The Hall–Kier alpha value is -1.23. The fraction of sp³-hybridized carbons (Fsp3) is 0.333. The number of aromatic nitrogens is 1. The van der Waals surface area contributed by atoms with Gasteiger partial charge in [-0.2, -0.15) is 0 Å². The Balaban J connectivity index is 2.59. The van der Waals surface area contributed by atoms with Crippen LogP contribution in [0.2, 0.25) is 5.15 Å². The minimum Gasteiger partial charge on any atom is -0.326 e. The van der Waals surface area contributed by atoms with Crippen LogP contribution >= 0.6 is 11.6 Å². The van der Waals surface area contributed by atoms with Gasteiger partial charge in [0.15, 0.2) is 0 Å². The maximum atomic E-state index is 12.5. The van der Waals surface area contributed by atoms with E-state index >= 15 is 0 Å². The van der Waals surface area contributed by atoms with Crippen LogP contribution in [0.1, 0.15) is 13.3 Å². The molecule has 0 spiro atoms. The molecule has 1 heterocycles. The molecule has 1 aromatic rings. The summed E-state index contributed by atoms with van der Waals surface area (Å²) in [5, 5.41) is 2.49. The Bertz CT molecular complexity index is 365. The van der Waals surface area contributed by atoms with Crippen molar-refractivity contribution in [2.45, 2.75) is 19.3 Å². The molecule has 0 fully saturated rings. The number of anilines is 1. The van der Waals surface area contributed by atoms with Crippen LogP contribution in [0.3, 0.4) is 0 Å². The Labute approximate surface area is 90.5 Å². The highest BCUT2D eigenvalue weighted by Crippen LogP contribution is 2.18. The van der Waals surface area contributed by atoms with E-state index < -0.39 is 18.3 Å². The van der Waals surface area contributed by atoms with Crippen molar-refractivity contribution in [2.75, 3.05) is 5.32 Å². The van der Waals surface area contributed by atoms with Gasteiger partial charge in [-0.1, -0.05) is 11.6 Å². The smallest absolute Gasteiger partial charge is 0.254 e. The summed E-state index contributed by atoms with van der Waals surface area (Å²) in [6.45, 7) is 0.687. The van der Waals surface area contributed by atoms with E-state index in [1.54, 1.807) is 0 Å². The predicted octanol–water partition coefficient (Wildman–Crippen LogP) is 2.72. The lowest BCUT2D eigenvalue weighted by molar-refractivity contribution is -0.122. The van der Waals surface area contributed by atoms with E-state index in [2.05, 4.69) is 10.3 Å². The van der Waals surface area contributed by atoms with Gasteiger partial charge in [-0.25, -0.2) is 13.8 Å². The first-order valence-corrected chi connectivity index (χ1v) is 4.54. The van der Waals surface area contributed by atoms with E-state index in [0.717, 1.165) is 0 Å². The highest BCUT2D eigenvalue weighted by molar-refractivity contribution is 6.29. The number of amides is 1. The molecule has 0 aliphatic carbocycles. The van der Waals surface area contributed by atoms with E-state index in [4.69, 9.17) is 11.6 Å². The van der Waals surface area contributed by atoms with Gasteiger partial charge in [-0.15, -0.1) is 0 Å². The number of pyridine rings is 1. The van der Waals surface area contributed by atoms with Crippen LogP contribution in [0.5, 0.6) is 0 Å². The Morgan fingerprint density at radius 1 is 1.67 bits per heavy atom. The van der Waals surface area contributed by atoms with Crippen molar-refractivity contribution in [3.63, 3.8) is 0 Å². The van der Waals surface area contributed by atoms with E-state index in [1.165, 1.54) is 18.3 Å². The second kappa shape index (κ2) is 4.53. The Morgan fingerprint density at radius 2 is 2.33 bits per heavy atom. The summed E-state index contributed by atoms with van der Waals surface area (Å²) in [5.74, 6) is -3.77. The summed E-state index contributed by atoms with van der Waals surface area (Å²) in [5.41, 5.74) is 0.351. The number of halogens is 3. The summed E-state index contributed by atoms with van der Waals surface area (Å²) in [6, 6.07) is 2.85. The van der Waals surface area contributed by atoms with Crippen molar-refractivity contribution in [1.29, 1.82) is 0 Å². The first-order valence-electron chi connectivity index (χ1n) is 4.16. The zero-order valence-electron chi connectivity index (χ0n) is 7.93. The molecular formula is C9H9ClF2N2O. The monoisotopic (exact) mass is 234 g/mol. The minimum absolute atomic E-state index is 0.191. The fourth-order valence-corrected chi connectivity index (χ4v) is 1.14. The SMILES string of the molecule is CC(F)(F)CC(=O)Nc1ccnc(Cl)c1. The normalized spacial score (nSPS) is 11.2. The van der Waals surface area contributed by atoms with Crippen molar-refractivity contribution in [3.05, 3.63) is 23.5 Å². The van der Waals surface area contributed by atoms with Crippen LogP contribution in [0.25, 0.3) is 0 Å². The van der Waals surface area contributed by atoms with Crippen LogP contribution in [0.4, 0.5) is 14.5 Å². The van der Waals surface area contributed by atoms with E-state index in [1.807, 2.05) is 0 Å². The largest absolute Gasteiger partial charge is 0.326 e. The van der Waals surface area contributed by atoms with Gasteiger partial charge in [0.25, 0.3) is 5.92 Å². The number of hydrogen-bond acceptors (Lipinski definition) is 2. The lowest BCUT2D eigenvalue weighted by Crippen LogP contribution is -2.22. The first-order chi connectivity index (χ1) is 6.87. The summed E-state index contributed by atoms with van der Waals surface area (Å²) in [4.78, 5) is 14.8. The van der Waals surface area contributed by atoms with E-state index in [0.29, 0.717) is 12.6 Å². The van der Waals surface area contributed by atoms with Gasteiger partial charge in [0.1, 0.15) is 5.15 Å². The van der Waals surface area contributed by atoms with Gasteiger partial charge in [0, 0.05) is 11.9 Å². The molecule has 6 heteroatoms. The number of carbonyl (C=O) groups is 1. The van der Waals surface area contributed by atoms with Gasteiger partial charge in [-0.3, -0.25) is 4.79 Å². The summed E-state index contributed by atoms with van der Waals surface area (Å²) in [6.07, 6.45) is 0.523. The topological polar surface area (TPSA) is 42.0 Å². The number of alkyl halides is 2. The molecular weight excluding hydrogens is 226 g/mol. The molecule has 0 aliphatic heterocycles. The van der Waals surface area contributed by atoms with Crippen molar-refractivity contribution < 1.29 is 13.6 Å². The number of nitrogens with zero attached hydrogens (tertiary/aromatic N) is 1. The first kappa shape index (κ1) is 11.8. The third-order valence-electron chi connectivity index (χ3n) is 1.48. The van der Waals surface area contributed by atoms with E-state index in [9.17, 15) is 13.6 Å². The van der Waals surface area contributed by atoms with Gasteiger partial charge in [0.05, 0.1) is 6.42 Å². The molecule has 0 saturated carbocycles. The van der Waals surface area contributed by atoms with Gasteiger partial charge in [0.2, 0.25) is 5.91 Å². The number of rotatable bonds is 3. The second-order valence-electron chi connectivity index (χ2n) is 3.16. The number of hydrogen-bond donors (Lipinski definition) is 1. The standard InChI is InChI=1S/C9H9ClF2N2O/c1-9(11,12)5-8(15)14-6-2-3-13-7(10)4-6/h2-4H,5H2,1H3,(H,13,14,15). The van der Waals surface area contributed by atoms with Crippen LogP contribution in [0, 0.1) is 0 Å². The molecule has 15 heavy (non-hydrogen) atoms. The molecule has 0 unspecified atom stereocenters. The van der Waals surface area contributed by atoms with Crippen LogP contribution in [-0.2, 0) is 4.79 Å². The van der Waals surface area contributed by atoms with E-state index in [-0.39, 0.29) is 5.15 Å². The van der Waals surface area contributed by atoms with Crippen molar-refractivity contribution in [1.82, 2.24) is 4.98 Å². The maximum absolute atomic E-state index is 12.5. The minimum atomic E-state index is -3.01. The zero-order valence-corrected chi connectivity index (χ0v) is 8.68. The van der Waals surface area contributed by atoms with Gasteiger partial charge >= 0.3 is 0 Å². The molecule has 0 radical (unpaired) electrons. The molecule has 0 bridgehead atoms. The lowest BCUT2D eigenvalue weighted by Gasteiger charge is -2.10. The quantitative estimate of drug-likeness (QED) is 0.817. The third kappa shape index (κ3) is 4.69. The molecule has 0 aliphatic rings. The summed E-state index contributed by atoms with van der Waals surface area (Å²) < 4.78 is 24.9. The Morgan fingerprint density at radius 3 is 2.87 bits per heavy atom. The molecule has 82 valence electrons. The Kier molecular flexibility index (Phi) is 3.57. The van der Waals surface area contributed by atoms with Crippen molar-refractivity contribution >= 4 is 23.2 Å². The highest BCUT2D eigenvalue weighted by Gasteiger charge is 2.25. The predicted molar refractivity (Wildman–Crippen MR) is 53.1 cm³/mol. The van der Waals surface area contributed by atoms with Crippen LogP contribution in [-0.4, -0.2) is 16.8 Å². The summed E-state index contributed by atoms with van der Waals surface area (Å²) >= 11 is 5.55. The zero-order chi connectivity index (χ0) is 11.5. The molecule has 1 rings (SSSR count). The lowest BCUT2D eigenvalue weighted by atomic mass is 10.2.